The number of carboxylic acid groups (broad SMARTS) is 1. The second-order valence-electron chi connectivity index (χ2n) is 4.99. The molecule has 0 bridgehead atoms. The van der Waals surface area contributed by atoms with Crippen LogP contribution in [0.25, 0.3) is 0 Å². The van der Waals surface area contributed by atoms with E-state index in [2.05, 4.69) is 0 Å². The zero-order chi connectivity index (χ0) is 16.8. The van der Waals surface area contributed by atoms with E-state index in [4.69, 9.17) is 4.74 Å². The molecule has 2 N–H and O–H groups in total. The van der Waals surface area contributed by atoms with Crippen molar-refractivity contribution in [2.75, 3.05) is 7.05 Å². The Bertz CT molecular complexity index is 686. The number of carbonyl (C=O) groups excluding carboxylic acids is 1. The van der Waals surface area contributed by atoms with Gasteiger partial charge in [0.15, 0.2) is 6.04 Å². The van der Waals surface area contributed by atoms with E-state index in [0.29, 0.717) is 0 Å². The number of carboxylic acids is 1. The highest BCUT2D eigenvalue weighted by molar-refractivity contribution is 5.81. The number of hydrogen-bond acceptors (Lipinski definition) is 4. The van der Waals surface area contributed by atoms with Gasteiger partial charge in [-0.3, -0.25) is 4.90 Å². The highest BCUT2D eigenvalue weighted by Crippen LogP contribution is 2.24. The van der Waals surface area contributed by atoms with Gasteiger partial charge in [0.1, 0.15) is 12.4 Å². The molecule has 2 aromatic rings. The Morgan fingerprint density at radius 3 is 2.43 bits per heavy atom. The summed E-state index contributed by atoms with van der Waals surface area (Å²) in [6, 6.07) is 13.6. The summed E-state index contributed by atoms with van der Waals surface area (Å²) in [5, 5.41) is 18.9. The molecule has 0 saturated heterocycles. The van der Waals surface area contributed by atoms with Gasteiger partial charge in [-0.25, -0.2) is 9.59 Å². The zero-order valence-electron chi connectivity index (χ0n) is 12.5. The summed E-state index contributed by atoms with van der Waals surface area (Å²) >= 11 is 0. The molecule has 1 amide bonds. The molecule has 1 unspecified atom stereocenters. The number of nitrogens with zero attached hydrogens (tertiary/aromatic N) is 1. The van der Waals surface area contributed by atoms with Gasteiger partial charge in [-0.15, -0.1) is 0 Å². The summed E-state index contributed by atoms with van der Waals surface area (Å²) in [6.07, 6.45) is -0.760. The van der Waals surface area contributed by atoms with E-state index in [1.54, 1.807) is 12.1 Å². The van der Waals surface area contributed by atoms with Gasteiger partial charge in [0.2, 0.25) is 0 Å². The van der Waals surface area contributed by atoms with E-state index >= 15 is 0 Å². The number of ether oxygens (including phenoxy) is 1. The molecule has 6 heteroatoms. The van der Waals surface area contributed by atoms with E-state index in [0.717, 1.165) is 10.5 Å². The summed E-state index contributed by atoms with van der Waals surface area (Å²) in [4.78, 5) is 24.6. The molecule has 0 radical (unpaired) electrons. The Hall–Kier alpha value is -3.02. The number of aliphatic carboxylic acids is 1. The smallest absolute Gasteiger partial charge is 0.410 e. The van der Waals surface area contributed by atoms with Crippen LogP contribution < -0.4 is 0 Å². The first-order valence-corrected chi connectivity index (χ1v) is 6.94. The van der Waals surface area contributed by atoms with Crippen molar-refractivity contribution in [3.63, 3.8) is 0 Å². The second kappa shape index (κ2) is 7.31. The number of benzene rings is 2. The van der Waals surface area contributed by atoms with Crippen molar-refractivity contribution in [3.8, 4) is 5.75 Å². The van der Waals surface area contributed by atoms with Crippen LogP contribution in [0.15, 0.2) is 54.6 Å². The van der Waals surface area contributed by atoms with Crippen molar-refractivity contribution < 1.29 is 24.5 Å². The van der Waals surface area contributed by atoms with Gasteiger partial charge in [0.25, 0.3) is 0 Å². The van der Waals surface area contributed by atoms with Crippen LogP contribution >= 0.6 is 0 Å². The maximum atomic E-state index is 12.1. The fraction of sp³-hybridized carbons (Fsp3) is 0.176. The minimum absolute atomic E-state index is 0.0520. The number of phenols is 1. The number of phenolic OH excluding ortho intramolecular Hbond substituents is 1. The normalized spacial score (nSPS) is 11.5. The van der Waals surface area contributed by atoms with Crippen LogP contribution in [-0.4, -0.2) is 34.2 Å². The minimum atomic E-state index is -1.25. The van der Waals surface area contributed by atoms with Crippen LogP contribution in [-0.2, 0) is 16.1 Å². The lowest BCUT2D eigenvalue weighted by Gasteiger charge is -2.24. The molecule has 0 heterocycles. The third-order valence-electron chi connectivity index (χ3n) is 3.30. The van der Waals surface area contributed by atoms with Crippen LogP contribution in [0.1, 0.15) is 17.2 Å². The van der Waals surface area contributed by atoms with Crippen molar-refractivity contribution in [1.82, 2.24) is 4.90 Å². The highest BCUT2D eigenvalue weighted by atomic mass is 16.6. The van der Waals surface area contributed by atoms with Crippen molar-refractivity contribution in [3.05, 3.63) is 65.7 Å². The third-order valence-corrected chi connectivity index (χ3v) is 3.30. The number of aromatic hydroxyl groups is 1. The molecular formula is C17H17NO5. The lowest BCUT2D eigenvalue weighted by Crippen LogP contribution is -2.36. The lowest BCUT2D eigenvalue weighted by molar-refractivity contribution is -0.142. The first-order valence-electron chi connectivity index (χ1n) is 6.94. The maximum Gasteiger partial charge on any atom is 0.410 e. The molecule has 2 rings (SSSR count). The Balaban J connectivity index is 2.10. The SMILES string of the molecule is CN(C(=O)OCc1ccccc1)C(C(=O)O)c1cccc(O)c1. The van der Waals surface area contributed by atoms with Gasteiger partial charge in [0.05, 0.1) is 0 Å². The summed E-state index contributed by atoms with van der Waals surface area (Å²) in [7, 11) is 1.34. The van der Waals surface area contributed by atoms with Crippen LogP contribution in [0, 0.1) is 0 Å². The second-order valence-corrected chi connectivity index (χ2v) is 4.99. The fourth-order valence-corrected chi connectivity index (χ4v) is 2.15. The van der Waals surface area contributed by atoms with Crippen molar-refractivity contribution >= 4 is 12.1 Å². The molecule has 0 aromatic heterocycles. The number of amides is 1. The largest absolute Gasteiger partial charge is 0.508 e. The molecule has 23 heavy (non-hydrogen) atoms. The van der Waals surface area contributed by atoms with E-state index in [1.807, 2.05) is 18.2 Å². The van der Waals surface area contributed by atoms with Gasteiger partial charge in [0, 0.05) is 7.05 Å². The molecule has 0 saturated carbocycles. The Morgan fingerprint density at radius 1 is 1.13 bits per heavy atom. The first kappa shape index (κ1) is 16.4. The molecule has 6 nitrogen and oxygen atoms in total. The molecule has 0 spiro atoms. The molecule has 0 aliphatic rings. The molecule has 2 aromatic carbocycles. The van der Waals surface area contributed by atoms with Crippen molar-refractivity contribution in [1.29, 1.82) is 0 Å². The van der Waals surface area contributed by atoms with Gasteiger partial charge in [-0.2, -0.15) is 0 Å². The average Bonchev–Trinajstić information content (AvgIpc) is 2.53. The van der Waals surface area contributed by atoms with Crippen LogP contribution in [0.2, 0.25) is 0 Å². The molecule has 120 valence electrons. The Labute approximate surface area is 133 Å². The van der Waals surface area contributed by atoms with Crippen LogP contribution in [0.3, 0.4) is 0 Å². The number of carbonyl (C=O) groups is 2. The van der Waals surface area contributed by atoms with Crippen molar-refractivity contribution in [2.45, 2.75) is 12.6 Å². The minimum Gasteiger partial charge on any atom is -0.508 e. The van der Waals surface area contributed by atoms with Crippen LogP contribution in [0.4, 0.5) is 4.79 Å². The number of likely N-dealkylation sites (N-methyl/N-ethyl adjacent to an activating group) is 1. The van der Waals surface area contributed by atoms with Gasteiger partial charge in [-0.1, -0.05) is 42.5 Å². The monoisotopic (exact) mass is 315 g/mol. The molecule has 0 aliphatic carbocycles. The lowest BCUT2D eigenvalue weighted by atomic mass is 10.1. The summed E-state index contributed by atoms with van der Waals surface area (Å²) in [5.74, 6) is -1.28. The third kappa shape index (κ3) is 4.23. The number of hydrogen-bond donors (Lipinski definition) is 2. The van der Waals surface area contributed by atoms with Crippen LogP contribution in [0.5, 0.6) is 5.75 Å². The molecule has 0 aliphatic heterocycles. The van der Waals surface area contributed by atoms with E-state index < -0.39 is 18.1 Å². The topological polar surface area (TPSA) is 87.1 Å². The Morgan fingerprint density at radius 2 is 1.83 bits per heavy atom. The zero-order valence-corrected chi connectivity index (χ0v) is 12.5. The highest BCUT2D eigenvalue weighted by Gasteiger charge is 2.29. The van der Waals surface area contributed by atoms with E-state index in [9.17, 15) is 19.8 Å². The standard InChI is InChI=1S/C17H17NO5/c1-18(17(22)23-11-12-6-3-2-4-7-12)15(16(20)21)13-8-5-9-14(19)10-13/h2-10,15,19H,11H2,1H3,(H,20,21). The van der Waals surface area contributed by atoms with Gasteiger partial charge < -0.3 is 14.9 Å². The summed E-state index contributed by atoms with van der Waals surface area (Å²) in [5.41, 5.74) is 1.09. The first-order chi connectivity index (χ1) is 11.0. The van der Waals surface area contributed by atoms with Gasteiger partial charge >= 0.3 is 12.1 Å². The van der Waals surface area contributed by atoms with Crippen molar-refractivity contribution in [2.24, 2.45) is 0 Å². The Kier molecular flexibility index (Phi) is 5.19. The fourth-order valence-electron chi connectivity index (χ4n) is 2.15. The predicted molar refractivity (Wildman–Crippen MR) is 82.9 cm³/mol. The van der Waals surface area contributed by atoms with E-state index in [-0.39, 0.29) is 17.9 Å². The maximum absolute atomic E-state index is 12.1. The predicted octanol–water partition coefficient (Wildman–Crippen LogP) is 2.79. The summed E-state index contributed by atoms with van der Waals surface area (Å²) in [6.45, 7) is 0.0520. The summed E-state index contributed by atoms with van der Waals surface area (Å²) < 4.78 is 5.13. The quantitative estimate of drug-likeness (QED) is 0.886. The molecule has 1 atom stereocenters. The molecular weight excluding hydrogens is 298 g/mol. The molecule has 0 fully saturated rings. The average molecular weight is 315 g/mol. The van der Waals surface area contributed by atoms with E-state index in [1.165, 1.54) is 31.3 Å². The van der Waals surface area contributed by atoms with Gasteiger partial charge in [-0.05, 0) is 23.3 Å². The number of rotatable bonds is 5.